The summed E-state index contributed by atoms with van der Waals surface area (Å²) in [4.78, 5) is 30.4. The number of carbonyl (C=O) groups is 1. The Balaban J connectivity index is 1.54. The Kier molecular flexibility index (Phi) is 7.25. The number of rotatable bonds is 7. The van der Waals surface area contributed by atoms with Gasteiger partial charge in [-0.2, -0.15) is 0 Å². The Morgan fingerprint density at radius 3 is 2.84 bits per heavy atom. The van der Waals surface area contributed by atoms with Gasteiger partial charge in [-0.15, -0.1) is 0 Å². The van der Waals surface area contributed by atoms with E-state index in [0.29, 0.717) is 22.6 Å². The van der Waals surface area contributed by atoms with Gasteiger partial charge < -0.3 is 5.32 Å². The molecule has 0 saturated carbocycles. The molecule has 0 aliphatic heterocycles. The van der Waals surface area contributed by atoms with Crippen molar-refractivity contribution in [1.29, 1.82) is 0 Å². The van der Waals surface area contributed by atoms with Gasteiger partial charge in [0.2, 0.25) is 5.91 Å². The molecule has 1 heterocycles. The van der Waals surface area contributed by atoms with E-state index in [2.05, 4.69) is 27.3 Å². The minimum atomic E-state index is -0.132. The maximum Gasteiger partial charge on any atom is 0.262 e. The first kappa shape index (κ1) is 21.8. The van der Waals surface area contributed by atoms with E-state index in [4.69, 9.17) is 4.98 Å². The SMILES string of the molecule is O=C(CSc1nc2ccccc2c(=O)n1CCC1=CCCCC1)Nc1cccc(Br)c1. The summed E-state index contributed by atoms with van der Waals surface area (Å²) in [6.45, 7) is 0.581. The lowest BCUT2D eigenvalue weighted by molar-refractivity contribution is -0.113. The van der Waals surface area contributed by atoms with Crippen LogP contribution in [0.3, 0.4) is 0 Å². The minimum Gasteiger partial charge on any atom is -0.325 e. The van der Waals surface area contributed by atoms with Crippen LogP contribution in [0, 0.1) is 0 Å². The van der Waals surface area contributed by atoms with Crippen molar-refractivity contribution in [3.8, 4) is 0 Å². The summed E-state index contributed by atoms with van der Waals surface area (Å²) >= 11 is 4.71. The molecule has 1 aromatic heterocycles. The van der Waals surface area contributed by atoms with Crippen LogP contribution < -0.4 is 10.9 Å². The third-order valence-electron chi connectivity index (χ3n) is 5.31. The lowest BCUT2D eigenvalue weighted by Crippen LogP contribution is -2.24. The number of aromatic nitrogens is 2. The fourth-order valence-corrected chi connectivity index (χ4v) is 4.96. The highest BCUT2D eigenvalue weighted by atomic mass is 79.9. The molecular formula is C24H24BrN3O2S. The summed E-state index contributed by atoms with van der Waals surface area (Å²) < 4.78 is 2.63. The lowest BCUT2D eigenvalue weighted by atomic mass is 9.97. The van der Waals surface area contributed by atoms with Crippen molar-refractivity contribution >= 4 is 50.2 Å². The summed E-state index contributed by atoms with van der Waals surface area (Å²) in [5.74, 6) is 0.0482. The molecule has 2 aromatic carbocycles. The van der Waals surface area contributed by atoms with Crippen molar-refractivity contribution in [2.45, 2.75) is 43.8 Å². The number of carbonyl (C=O) groups excluding carboxylic acids is 1. The number of benzene rings is 2. The Labute approximate surface area is 194 Å². The maximum atomic E-state index is 13.2. The summed E-state index contributed by atoms with van der Waals surface area (Å²) in [6, 6.07) is 14.9. The average molecular weight is 498 g/mol. The van der Waals surface area contributed by atoms with E-state index in [1.54, 1.807) is 4.57 Å². The highest BCUT2D eigenvalue weighted by Crippen LogP contribution is 2.23. The monoisotopic (exact) mass is 497 g/mol. The van der Waals surface area contributed by atoms with Crippen LogP contribution in [-0.4, -0.2) is 21.2 Å². The second-order valence-electron chi connectivity index (χ2n) is 7.57. The molecule has 0 unspecified atom stereocenters. The summed E-state index contributed by atoms with van der Waals surface area (Å²) in [5, 5.41) is 4.10. The standard InChI is InChI=1S/C24H24BrN3O2S/c25-18-9-6-10-19(15-18)26-22(29)16-31-24-27-21-12-5-4-11-20(21)23(30)28(24)14-13-17-7-2-1-3-8-17/h4-7,9-12,15H,1-3,8,13-14,16H2,(H,26,29). The molecule has 0 fully saturated rings. The van der Waals surface area contributed by atoms with E-state index >= 15 is 0 Å². The predicted molar refractivity (Wildman–Crippen MR) is 131 cm³/mol. The number of thioether (sulfide) groups is 1. The first-order valence-corrected chi connectivity index (χ1v) is 12.2. The molecule has 3 aromatic rings. The van der Waals surface area contributed by atoms with Crippen LogP contribution >= 0.6 is 27.7 Å². The largest absolute Gasteiger partial charge is 0.325 e. The molecule has 1 N–H and O–H groups in total. The smallest absolute Gasteiger partial charge is 0.262 e. The van der Waals surface area contributed by atoms with Gasteiger partial charge in [0, 0.05) is 16.7 Å². The highest BCUT2D eigenvalue weighted by molar-refractivity contribution is 9.10. The molecule has 1 aliphatic carbocycles. The topological polar surface area (TPSA) is 64.0 Å². The molecule has 0 radical (unpaired) electrons. The normalized spacial score (nSPS) is 13.8. The van der Waals surface area contributed by atoms with Crippen molar-refractivity contribution < 1.29 is 4.79 Å². The molecule has 4 rings (SSSR count). The van der Waals surface area contributed by atoms with Gasteiger partial charge in [0.15, 0.2) is 5.16 Å². The second-order valence-corrected chi connectivity index (χ2v) is 9.43. The number of anilines is 1. The fraction of sp³-hybridized carbons (Fsp3) is 0.292. The average Bonchev–Trinajstić information content (AvgIpc) is 2.78. The Bertz CT molecular complexity index is 1190. The van der Waals surface area contributed by atoms with Crippen LogP contribution in [0.15, 0.2) is 74.6 Å². The molecular weight excluding hydrogens is 474 g/mol. The Morgan fingerprint density at radius 1 is 1.16 bits per heavy atom. The van der Waals surface area contributed by atoms with Crippen molar-refractivity contribution in [3.63, 3.8) is 0 Å². The number of nitrogens with zero attached hydrogens (tertiary/aromatic N) is 2. The van der Waals surface area contributed by atoms with Crippen LogP contribution in [0.4, 0.5) is 5.69 Å². The zero-order valence-corrected chi connectivity index (χ0v) is 19.5. The third-order valence-corrected chi connectivity index (χ3v) is 6.78. The van der Waals surface area contributed by atoms with E-state index in [-0.39, 0.29) is 17.2 Å². The van der Waals surface area contributed by atoms with Gasteiger partial charge >= 0.3 is 0 Å². The fourth-order valence-electron chi connectivity index (χ4n) is 3.74. The number of halogens is 1. The Hall–Kier alpha value is -2.38. The van der Waals surface area contributed by atoms with E-state index in [0.717, 1.165) is 29.4 Å². The number of amides is 1. The van der Waals surface area contributed by atoms with Gasteiger partial charge in [0.25, 0.3) is 5.56 Å². The maximum absolute atomic E-state index is 13.2. The van der Waals surface area contributed by atoms with Crippen LogP contribution in [0.5, 0.6) is 0 Å². The molecule has 7 heteroatoms. The van der Waals surface area contributed by atoms with Gasteiger partial charge in [-0.25, -0.2) is 4.98 Å². The van der Waals surface area contributed by atoms with E-state index in [9.17, 15) is 9.59 Å². The zero-order valence-electron chi connectivity index (χ0n) is 17.1. The van der Waals surface area contributed by atoms with Gasteiger partial charge in [0.1, 0.15) is 0 Å². The number of hydrogen-bond acceptors (Lipinski definition) is 4. The molecule has 0 bridgehead atoms. The molecule has 1 aliphatic rings. The molecule has 31 heavy (non-hydrogen) atoms. The van der Waals surface area contributed by atoms with Crippen LogP contribution in [0.1, 0.15) is 32.1 Å². The van der Waals surface area contributed by atoms with Crippen LogP contribution in [-0.2, 0) is 11.3 Å². The predicted octanol–water partition coefficient (Wildman–Crippen LogP) is 5.78. The van der Waals surface area contributed by atoms with Gasteiger partial charge in [-0.3, -0.25) is 14.2 Å². The zero-order chi connectivity index (χ0) is 21.6. The lowest BCUT2D eigenvalue weighted by Gasteiger charge is -2.16. The first-order chi connectivity index (χ1) is 15.1. The molecule has 0 atom stereocenters. The van der Waals surface area contributed by atoms with Crippen molar-refractivity contribution in [3.05, 3.63) is 75.0 Å². The number of hydrogen-bond donors (Lipinski definition) is 1. The number of allylic oxidation sites excluding steroid dienone is 2. The van der Waals surface area contributed by atoms with Crippen molar-refractivity contribution in [2.75, 3.05) is 11.1 Å². The third kappa shape index (κ3) is 5.66. The summed E-state index contributed by atoms with van der Waals surface area (Å²) in [5.41, 5.74) is 2.76. The van der Waals surface area contributed by atoms with Crippen LogP contribution in [0.25, 0.3) is 10.9 Å². The number of para-hydroxylation sites is 1. The van der Waals surface area contributed by atoms with Crippen molar-refractivity contribution in [1.82, 2.24) is 9.55 Å². The highest BCUT2D eigenvalue weighted by Gasteiger charge is 2.14. The molecule has 0 spiro atoms. The first-order valence-electron chi connectivity index (χ1n) is 10.5. The van der Waals surface area contributed by atoms with E-state index < -0.39 is 0 Å². The molecule has 160 valence electrons. The van der Waals surface area contributed by atoms with Gasteiger partial charge in [0.05, 0.1) is 16.7 Å². The Morgan fingerprint density at radius 2 is 2.03 bits per heavy atom. The van der Waals surface area contributed by atoms with Gasteiger partial charge in [-0.1, -0.05) is 57.5 Å². The van der Waals surface area contributed by atoms with Crippen LogP contribution in [0.2, 0.25) is 0 Å². The molecule has 1 amide bonds. The molecule has 5 nitrogen and oxygen atoms in total. The summed E-state index contributed by atoms with van der Waals surface area (Å²) in [7, 11) is 0. The van der Waals surface area contributed by atoms with E-state index in [1.807, 2.05) is 48.5 Å². The summed E-state index contributed by atoms with van der Waals surface area (Å²) in [6.07, 6.45) is 7.84. The quantitative estimate of drug-likeness (QED) is 0.255. The van der Waals surface area contributed by atoms with Gasteiger partial charge in [-0.05, 0) is 62.4 Å². The van der Waals surface area contributed by atoms with E-state index in [1.165, 1.54) is 30.2 Å². The van der Waals surface area contributed by atoms with Crippen molar-refractivity contribution in [2.24, 2.45) is 0 Å². The number of fused-ring (bicyclic) bond motifs is 1. The second kappa shape index (κ2) is 10.3. The number of nitrogens with one attached hydrogen (secondary N) is 1. The minimum absolute atomic E-state index is 0.0445. The molecule has 0 saturated heterocycles.